The van der Waals surface area contributed by atoms with Crippen molar-refractivity contribution in [1.82, 2.24) is 4.90 Å². The first-order valence-electron chi connectivity index (χ1n) is 6.20. The lowest BCUT2D eigenvalue weighted by atomic mass is 10.1. The van der Waals surface area contributed by atoms with Crippen LogP contribution in [0.25, 0.3) is 6.08 Å². The molecule has 1 saturated heterocycles. The molecule has 6 nitrogen and oxygen atoms in total. The molecule has 21 heavy (non-hydrogen) atoms. The number of rotatable bonds is 4. The van der Waals surface area contributed by atoms with Gasteiger partial charge in [0.15, 0.2) is 0 Å². The van der Waals surface area contributed by atoms with Crippen molar-refractivity contribution in [3.63, 3.8) is 0 Å². The Balaban J connectivity index is 2.20. The molecule has 0 N–H and O–H groups in total. The first kappa shape index (κ1) is 15.0. The van der Waals surface area contributed by atoms with Crippen molar-refractivity contribution in [2.45, 2.75) is 6.92 Å². The largest absolute Gasteiger partial charge is 0.293 e. The van der Waals surface area contributed by atoms with Crippen LogP contribution in [0.4, 0.5) is 10.5 Å². The molecule has 2 amide bonds. The third-order valence-electron chi connectivity index (χ3n) is 2.85. The van der Waals surface area contributed by atoms with Crippen LogP contribution in [0.15, 0.2) is 41.3 Å². The smallest absolute Gasteiger partial charge is 0.269 e. The van der Waals surface area contributed by atoms with Gasteiger partial charge in [-0.3, -0.25) is 24.6 Å². The molecule has 0 aromatic heterocycles. The highest BCUT2D eigenvalue weighted by atomic mass is 32.2. The molecule has 0 aliphatic carbocycles. The van der Waals surface area contributed by atoms with Gasteiger partial charge in [-0.1, -0.05) is 18.2 Å². The van der Waals surface area contributed by atoms with E-state index in [9.17, 15) is 19.7 Å². The first-order chi connectivity index (χ1) is 10.0. The Kier molecular flexibility index (Phi) is 4.54. The summed E-state index contributed by atoms with van der Waals surface area (Å²) in [5.74, 6) is -0.334. The van der Waals surface area contributed by atoms with Gasteiger partial charge in [0.05, 0.1) is 15.4 Å². The lowest BCUT2D eigenvalue weighted by molar-refractivity contribution is -0.385. The fraction of sp³-hybridized carbons (Fsp3) is 0.143. The van der Waals surface area contributed by atoms with E-state index in [0.29, 0.717) is 17.0 Å². The van der Waals surface area contributed by atoms with Crippen LogP contribution in [0.2, 0.25) is 0 Å². The molecular weight excluding hydrogens is 292 g/mol. The molecule has 0 spiro atoms. The van der Waals surface area contributed by atoms with E-state index in [2.05, 4.69) is 0 Å². The minimum Gasteiger partial charge on any atom is -0.269 e. The third-order valence-corrected chi connectivity index (χ3v) is 3.77. The minimum atomic E-state index is -0.468. The quantitative estimate of drug-likeness (QED) is 0.484. The number of hydrogen-bond acceptors (Lipinski definition) is 5. The van der Waals surface area contributed by atoms with Crippen LogP contribution in [0.3, 0.4) is 0 Å². The van der Waals surface area contributed by atoms with Crippen molar-refractivity contribution >= 4 is 34.7 Å². The minimum absolute atomic E-state index is 0.0104. The van der Waals surface area contributed by atoms with E-state index in [1.165, 1.54) is 24.3 Å². The summed E-state index contributed by atoms with van der Waals surface area (Å²) in [6, 6.07) is 6.30. The molecule has 108 valence electrons. The SMILES string of the molecule is CCN1C(=O)SC(=CC=Cc2ccccc2[N+](=O)[O-])C1=O. The zero-order valence-electron chi connectivity index (χ0n) is 11.2. The predicted molar refractivity (Wildman–Crippen MR) is 80.6 cm³/mol. The molecule has 1 aliphatic rings. The Bertz CT molecular complexity index is 667. The van der Waals surface area contributed by atoms with Gasteiger partial charge in [-0.05, 0) is 36.9 Å². The number of hydrogen-bond donors (Lipinski definition) is 0. The number of benzene rings is 1. The van der Waals surface area contributed by atoms with E-state index >= 15 is 0 Å². The summed E-state index contributed by atoms with van der Waals surface area (Å²) in [6.45, 7) is 2.05. The second-order valence-electron chi connectivity index (χ2n) is 4.12. The molecule has 0 radical (unpaired) electrons. The van der Waals surface area contributed by atoms with E-state index in [0.717, 1.165) is 16.7 Å². The number of thioether (sulfide) groups is 1. The van der Waals surface area contributed by atoms with Gasteiger partial charge in [-0.2, -0.15) is 0 Å². The van der Waals surface area contributed by atoms with E-state index in [1.807, 2.05) is 0 Å². The van der Waals surface area contributed by atoms with Gasteiger partial charge in [0, 0.05) is 12.6 Å². The fourth-order valence-corrected chi connectivity index (χ4v) is 2.68. The summed E-state index contributed by atoms with van der Waals surface area (Å²) in [5, 5.41) is 10.6. The summed E-state index contributed by atoms with van der Waals surface area (Å²) in [7, 11) is 0. The van der Waals surface area contributed by atoms with Crippen molar-refractivity contribution in [2.75, 3.05) is 6.54 Å². The number of imide groups is 1. The molecule has 1 aromatic carbocycles. The Morgan fingerprint density at radius 3 is 2.67 bits per heavy atom. The van der Waals surface area contributed by atoms with Gasteiger partial charge < -0.3 is 0 Å². The number of para-hydroxylation sites is 1. The number of allylic oxidation sites excluding steroid dienone is 2. The van der Waals surface area contributed by atoms with E-state index in [1.54, 1.807) is 25.1 Å². The summed E-state index contributed by atoms with van der Waals surface area (Å²) in [4.78, 5) is 35.2. The van der Waals surface area contributed by atoms with Crippen molar-refractivity contribution in [3.8, 4) is 0 Å². The number of nitro groups is 1. The molecule has 0 saturated carbocycles. The highest BCUT2D eigenvalue weighted by molar-refractivity contribution is 8.18. The van der Waals surface area contributed by atoms with Crippen LogP contribution >= 0.6 is 11.8 Å². The van der Waals surface area contributed by atoms with Gasteiger partial charge in [0.2, 0.25) is 0 Å². The topological polar surface area (TPSA) is 80.5 Å². The molecule has 2 rings (SSSR count). The van der Waals surface area contributed by atoms with Crippen LogP contribution < -0.4 is 0 Å². The molecule has 7 heteroatoms. The number of carbonyl (C=O) groups is 2. The molecule has 1 fully saturated rings. The lowest BCUT2D eigenvalue weighted by Crippen LogP contribution is -2.27. The van der Waals surface area contributed by atoms with Crippen molar-refractivity contribution in [2.24, 2.45) is 0 Å². The Morgan fingerprint density at radius 1 is 1.33 bits per heavy atom. The second-order valence-corrected chi connectivity index (χ2v) is 5.12. The molecule has 0 atom stereocenters. The van der Waals surface area contributed by atoms with Crippen molar-refractivity contribution in [3.05, 3.63) is 57.0 Å². The standard InChI is InChI=1S/C14H12N2O4S/c1-2-15-13(17)12(21-14(15)18)9-5-7-10-6-3-4-8-11(10)16(19)20/h3-9H,2H2,1H3. The van der Waals surface area contributed by atoms with Crippen LogP contribution in [-0.2, 0) is 4.79 Å². The summed E-state index contributed by atoms with van der Waals surface area (Å²) >= 11 is 0.865. The lowest BCUT2D eigenvalue weighted by Gasteiger charge is -2.06. The summed E-state index contributed by atoms with van der Waals surface area (Å²) in [6.07, 6.45) is 4.57. The molecular formula is C14H12N2O4S. The van der Waals surface area contributed by atoms with Gasteiger partial charge in [-0.25, -0.2) is 0 Å². The van der Waals surface area contributed by atoms with Gasteiger partial charge in [-0.15, -0.1) is 0 Å². The van der Waals surface area contributed by atoms with Gasteiger partial charge in [0.1, 0.15) is 0 Å². The Hall–Kier alpha value is -2.41. The number of likely N-dealkylation sites (N-methyl/N-ethyl adjacent to an activating group) is 1. The monoisotopic (exact) mass is 304 g/mol. The number of amides is 2. The van der Waals surface area contributed by atoms with Crippen molar-refractivity contribution < 1.29 is 14.5 Å². The fourth-order valence-electron chi connectivity index (χ4n) is 1.82. The number of carbonyl (C=O) groups excluding carboxylic acids is 2. The molecule has 0 bridgehead atoms. The zero-order chi connectivity index (χ0) is 15.4. The van der Waals surface area contributed by atoms with Gasteiger partial charge >= 0.3 is 0 Å². The molecule has 0 unspecified atom stereocenters. The summed E-state index contributed by atoms with van der Waals surface area (Å²) < 4.78 is 0. The Morgan fingerprint density at radius 2 is 2.05 bits per heavy atom. The second kappa shape index (κ2) is 6.36. The normalized spacial score (nSPS) is 17.2. The predicted octanol–water partition coefficient (Wildman–Crippen LogP) is 3.21. The van der Waals surface area contributed by atoms with Crippen LogP contribution in [0, 0.1) is 10.1 Å². The molecule has 1 aromatic rings. The van der Waals surface area contributed by atoms with Crippen LogP contribution in [0.5, 0.6) is 0 Å². The van der Waals surface area contributed by atoms with E-state index in [4.69, 9.17) is 0 Å². The third kappa shape index (κ3) is 3.19. The van der Waals surface area contributed by atoms with Crippen LogP contribution in [0.1, 0.15) is 12.5 Å². The molecule has 1 heterocycles. The van der Waals surface area contributed by atoms with E-state index in [-0.39, 0.29) is 16.8 Å². The number of nitrogens with zero attached hydrogens (tertiary/aromatic N) is 2. The van der Waals surface area contributed by atoms with Crippen LogP contribution in [-0.4, -0.2) is 27.5 Å². The maximum Gasteiger partial charge on any atom is 0.293 e. The zero-order valence-corrected chi connectivity index (χ0v) is 12.0. The average molecular weight is 304 g/mol. The number of nitro benzene ring substituents is 1. The maximum atomic E-state index is 11.8. The highest BCUT2D eigenvalue weighted by Crippen LogP contribution is 2.30. The van der Waals surface area contributed by atoms with Gasteiger partial charge in [0.25, 0.3) is 16.8 Å². The van der Waals surface area contributed by atoms with E-state index < -0.39 is 4.92 Å². The first-order valence-corrected chi connectivity index (χ1v) is 7.01. The molecule has 1 aliphatic heterocycles. The van der Waals surface area contributed by atoms with Crippen molar-refractivity contribution in [1.29, 1.82) is 0 Å². The Labute approximate surface area is 125 Å². The summed E-state index contributed by atoms with van der Waals surface area (Å²) in [5.41, 5.74) is 0.428. The highest BCUT2D eigenvalue weighted by Gasteiger charge is 2.33. The maximum absolute atomic E-state index is 11.8. The average Bonchev–Trinajstić information content (AvgIpc) is 2.73.